The van der Waals surface area contributed by atoms with Gasteiger partial charge in [0.15, 0.2) is 5.69 Å². The number of hydrogen-bond donors (Lipinski definition) is 0. The van der Waals surface area contributed by atoms with Gasteiger partial charge in [0.25, 0.3) is 0 Å². The van der Waals surface area contributed by atoms with Crippen LogP contribution in [-0.2, 0) is 5.41 Å². The molecule has 238 valence electrons. The number of nitrogens with zero attached hydrogens (tertiary/aromatic N) is 5. The lowest BCUT2D eigenvalue weighted by Gasteiger charge is -2.23. The maximum atomic E-state index is 10.2. The van der Waals surface area contributed by atoms with Gasteiger partial charge in [0.05, 0.1) is 27.6 Å². The van der Waals surface area contributed by atoms with Crippen LogP contribution in [0.15, 0.2) is 103 Å². The Labute approximate surface area is 313 Å². The third-order valence-corrected chi connectivity index (χ3v) is 10.4. The smallest absolute Gasteiger partial charge is 0.236 e. The van der Waals surface area contributed by atoms with Gasteiger partial charge in [0.2, 0.25) is 5.95 Å². The van der Waals surface area contributed by atoms with Crippen molar-refractivity contribution >= 4 is 121 Å². The zero-order valence-electron chi connectivity index (χ0n) is 29.4. The summed E-state index contributed by atoms with van der Waals surface area (Å²) in [6, 6.07) is 37.4. The van der Waals surface area contributed by atoms with Gasteiger partial charge in [0.1, 0.15) is 45.3 Å². The number of aromatic nitrogens is 4. The summed E-state index contributed by atoms with van der Waals surface area (Å²) in [6.07, 6.45) is 0. The maximum Gasteiger partial charge on any atom is 0.236 e. The first-order valence-corrected chi connectivity index (χ1v) is 17.3. The fraction of sp³-hybridized carbons (Fsp3) is 0.0930. The molecule has 3 aromatic heterocycles. The molecular formula is C43H26B5N5. The first kappa shape index (κ1) is 32.9. The zero-order chi connectivity index (χ0) is 36.9. The van der Waals surface area contributed by atoms with Crippen LogP contribution in [0.4, 0.5) is 0 Å². The Hall–Kier alpha value is -5.93. The number of rotatable bonds is 3. The van der Waals surface area contributed by atoms with E-state index < -0.39 is 0 Å². The fourth-order valence-electron chi connectivity index (χ4n) is 7.61. The summed E-state index contributed by atoms with van der Waals surface area (Å²) in [4.78, 5) is 9.86. The largest absolute Gasteiger partial charge is 0.310 e. The lowest BCUT2D eigenvalue weighted by molar-refractivity contribution is 0.591. The Bertz CT molecular complexity index is 3040. The van der Waals surface area contributed by atoms with Crippen LogP contribution in [0.3, 0.4) is 0 Å². The van der Waals surface area contributed by atoms with E-state index in [-0.39, 0.29) is 32.7 Å². The van der Waals surface area contributed by atoms with E-state index in [2.05, 4.69) is 93.6 Å². The monoisotopic (exact) mass is 667 g/mol. The predicted octanol–water partition coefficient (Wildman–Crippen LogP) is 4.63. The first-order valence-electron chi connectivity index (χ1n) is 17.3. The lowest BCUT2D eigenvalue weighted by atomic mass is 9.61. The third kappa shape index (κ3) is 4.91. The Balaban J connectivity index is 1.25. The van der Waals surface area contributed by atoms with Gasteiger partial charge in [0, 0.05) is 32.6 Å². The summed E-state index contributed by atoms with van der Waals surface area (Å²) in [5.41, 5.74) is 9.52. The van der Waals surface area contributed by atoms with Crippen LogP contribution in [0.5, 0.6) is 0 Å². The Morgan fingerprint density at radius 2 is 1.04 bits per heavy atom. The summed E-state index contributed by atoms with van der Waals surface area (Å²) in [5.74, 6) is 0.454. The van der Waals surface area contributed by atoms with Crippen molar-refractivity contribution in [3.05, 3.63) is 114 Å². The molecule has 9 rings (SSSR count). The second kappa shape index (κ2) is 11.8. The molecule has 0 amide bonds. The van der Waals surface area contributed by atoms with Gasteiger partial charge in [-0.15, -0.1) is 16.4 Å². The van der Waals surface area contributed by atoms with E-state index in [9.17, 15) is 5.26 Å². The van der Waals surface area contributed by atoms with Gasteiger partial charge in [-0.1, -0.05) is 86.3 Å². The molecule has 10 radical (unpaired) electrons. The van der Waals surface area contributed by atoms with Gasteiger partial charge in [-0.2, -0.15) is 5.26 Å². The first-order chi connectivity index (χ1) is 25.5. The van der Waals surface area contributed by atoms with E-state index in [4.69, 9.17) is 49.2 Å². The van der Waals surface area contributed by atoms with Crippen molar-refractivity contribution in [3.63, 3.8) is 0 Å². The Kier molecular flexibility index (Phi) is 7.33. The highest BCUT2D eigenvalue weighted by atomic mass is 15.2. The summed E-state index contributed by atoms with van der Waals surface area (Å²) in [7, 11) is 31.9. The van der Waals surface area contributed by atoms with Gasteiger partial charge >= 0.3 is 0 Å². The molecule has 3 heterocycles. The molecule has 0 aliphatic carbocycles. The zero-order valence-corrected chi connectivity index (χ0v) is 29.4. The highest BCUT2D eigenvalue weighted by Crippen LogP contribution is 2.38. The van der Waals surface area contributed by atoms with Crippen molar-refractivity contribution in [3.8, 4) is 28.8 Å². The molecule has 0 aliphatic rings. The molecule has 9 aromatic rings. The van der Waals surface area contributed by atoms with Crippen LogP contribution < -0.4 is 27.3 Å². The Morgan fingerprint density at radius 3 is 1.60 bits per heavy atom. The standard InChI is InChI=1S/C43H26B5N5/c1-43(2,3)24-14-15-27-30(20-24)50-42(51-31(27)21-49)53-33-11-7-5-9-26(33)29-19-23(13-17-35(29)53)22-12-16-34-28(18-22)25-8-4-6-10-32(25)52(34)41-39(47)37(45)36(44)38(46)40(41)48/h4-20H,1-3H3. The average Bonchev–Trinajstić information content (AvgIpc) is 3.67. The maximum absolute atomic E-state index is 10.2. The van der Waals surface area contributed by atoms with E-state index in [1.54, 1.807) is 0 Å². The van der Waals surface area contributed by atoms with Crippen LogP contribution >= 0.6 is 0 Å². The summed E-state index contributed by atoms with van der Waals surface area (Å²) in [6.45, 7) is 6.50. The van der Waals surface area contributed by atoms with E-state index in [0.29, 0.717) is 17.3 Å². The van der Waals surface area contributed by atoms with Crippen molar-refractivity contribution in [2.24, 2.45) is 0 Å². The number of nitriles is 1. The van der Waals surface area contributed by atoms with Crippen molar-refractivity contribution in [1.29, 1.82) is 5.26 Å². The minimum absolute atomic E-state index is 0.0773. The third-order valence-electron chi connectivity index (χ3n) is 10.4. The SMILES string of the molecule is [B]c1c([B])c([B])c(-n2c3ccccc3c3cc(-c4ccc5c(c4)c4ccccc4n5-c4nc(C#N)c5ccc(C(C)(C)C)cc5n4)ccc32)c([B])c1[B]. The van der Waals surface area contributed by atoms with E-state index in [1.165, 1.54) is 0 Å². The lowest BCUT2D eigenvalue weighted by Crippen LogP contribution is -2.56. The molecule has 10 heteroatoms. The predicted molar refractivity (Wildman–Crippen MR) is 224 cm³/mol. The van der Waals surface area contributed by atoms with Crippen LogP contribution in [0.2, 0.25) is 0 Å². The van der Waals surface area contributed by atoms with Gasteiger partial charge < -0.3 is 4.57 Å². The molecule has 0 bridgehead atoms. The normalized spacial score (nSPS) is 12.0. The number of fused-ring (bicyclic) bond motifs is 7. The molecular weight excluding hydrogens is 641 g/mol. The summed E-state index contributed by atoms with van der Waals surface area (Å²) in [5, 5.41) is 15.0. The molecule has 0 atom stereocenters. The van der Waals surface area contributed by atoms with Crippen LogP contribution in [-0.4, -0.2) is 58.3 Å². The molecule has 0 aliphatic heterocycles. The summed E-state index contributed by atoms with van der Waals surface area (Å²) >= 11 is 0. The molecule has 0 N–H and O–H groups in total. The molecule has 0 spiro atoms. The molecule has 5 nitrogen and oxygen atoms in total. The molecule has 0 unspecified atom stereocenters. The van der Waals surface area contributed by atoms with Crippen LogP contribution in [0.1, 0.15) is 32.0 Å². The molecule has 6 aromatic carbocycles. The minimum atomic E-state index is -0.0773. The summed E-state index contributed by atoms with van der Waals surface area (Å²) < 4.78 is 4.06. The fourth-order valence-corrected chi connectivity index (χ4v) is 7.61. The minimum Gasteiger partial charge on any atom is -0.310 e. The van der Waals surface area contributed by atoms with Crippen LogP contribution in [0.25, 0.3) is 77.3 Å². The number of benzene rings is 6. The quantitative estimate of drug-likeness (QED) is 0.259. The van der Waals surface area contributed by atoms with Gasteiger partial charge in [-0.25, -0.2) is 9.97 Å². The van der Waals surface area contributed by atoms with Crippen molar-refractivity contribution < 1.29 is 0 Å². The highest BCUT2D eigenvalue weighted by Gasteiger charge is 2.21. The average molecular weight is 667 g/mol. The molecule has 0 saturated carbocycles. The highest BCUT2D eigenvalue weighted by molar-refractivity contribution is 6.68. The van der Waals surface area contributed by atoms with Gasteiger partial charge in [-0.05, 0) is 70.6 Å². The number of hydrogen-bond acceptors (Lipinski definition) is 3. The van der Waals surface area contributed by atoms with Crippen molar-refractivity contribution in [2.45, 2.75) is 26.2 Å². The topological polar surface area (TPSA) is 59.4 Å². The van der Waals surface area contributed by atoms with E-state index in [0.717, 1.165) is 71.2 Å². The van der Waals surface area contributed by atoms with Gasteiger partial charge in [-0.3, -0.25) is 4.57 Å². The second-order valence-electron chi connectivity index (χ2n) is 14.6. The van der Waals surface area contributed by atoms with Crippen LogP contribution in [0, 0.1) is 11.3 Å². The Morgan fingerprint density at radius 1 is 0.528 bits per heavy atom. The second-order valence-corrected chi connectivity index (χ2v) is 14.6. The molecule has 0 saturated heterocycles. The molecule has 0 fully saturated rings. The molecule has 53 heavy (non-hydrogen) atoms. The van der Waals surface area contributed by atoms with E-state index in [1.807, 2.05) is 45.5 Å². The van der Waals surface area contributed by atoms with Crippen molar-refractivity contribution in [2.75, 3.05) is 0 Å². The van der Waals surface area contributed by atoms with E-state index >= 15 is 0 Å². The van der Waals surface area contributed by atoms with Crippen molar-refractivity contribution in [1.82, 2.24) is 19.1 Å². The number of para-hydroxylation sites is 2.